The molecule has 0 saturated carbocycles. The van der Waals surface area contributed by atoms with Gasteiger partial charge in [-0.25, -0.2) is 0 Å². The summed E-state index contributed by atoms with van der Waals surface area (Å²) in [6, 6.07) is 67.0. The molecule has 0 heterocycles. The van der Waals surface area contributed by atoms with Crippen molar-refractivity contribution >= 4 is 63.0 Å². The van der Waals surface area contributed by atoms with Crippen LogP contribution in [0.4, 0.5) is 0 Å². The summed E-state index contributed by atoms with van der Waals surface area (Å²) in [5, 5.41) is 12.9. The van der Waals surface area contributed by atoms with Gasteiger partial charge in [-0.1, -0.05) is 186 Å². The Hall–Kier alpha value is -5.76. The van der Waals surface area contributed by atoms with Gasteiger partial charge in [0.25, 0.3) is 0 Å². The van der Waals surface area contributed by atoms with Crippen molar-refractivity contribution in [3.8, 4) is 33.4 Å². The second kappa shape index (κ2) is 11.5. The highest BCUT2D eigenvalue weighted by Gasteiger charge is 2.19. The van der Waals surface area contributed by atoms with Crippen LogP contribution in [0.2, 0.25) is 0 Å². The van der Waals surface area contributed by atoms with Gasteiger partial charge in [-0.05, 0) is 82.5 Å². The molecular weight excluding hydrogens is 581 g/mol. The molecule has 0 atom stereocenters. The third-order valence-corrected chi connectivity index (χ3v) is 10.6. The van der Waals surface area contributed by atoms with E-state index in [0.717, 1.165) is 0 Å². The van der Waals surface area contributed by atoms with E-state index >= 15 is 0 Å². The highest BCUT2D eigenvalue weighted by molar-refractivity contribution is 6.67. The molecule has 9 rings (SSSR count). The van der Waals surface area contributed by atoms with Crippen molar-refractivity contribution in [2.45, 2.75) is 0 Å². The smallest absolute Gasteiger partial charge is 0.0631 e. The van der Waals surface area contributed by atoms with E-state index in [1.165, 1.54) is 86.8 Å². The molecule has 0 saturated heterocycles. The third kappa shape index (κ3) is 4.93. The Morgan fingerprint density at radius 1 is 0.277 bits per heavy atom. The maximum atomic E-state index is 2.46. The third-order valence-electron chi connectivity index (χ3n) is 9.40. The van der Waals surface area contributed by atoms with Crippen LogP contribution in [-0.2, 0) is 0 Å². The van der Waals surface area contributed by atoms with Crippen LogP contribution in [0.15, 0.2) is 182 Å². The fraction of sp³-hybridized carbons (Fsp3) is 0. The number of benzene rings is 9. The number of hydrogen-bond acceptors (Lipinski definition) is 0. The molecule has 1 heteroatoms. The summed E-state index contributed by atoms with van der Waals surface area (Å²) >= 11 is 0. The van der Waals surface area contributed by atoms with Crippen LogP contribution in [0.1, 0.15) is 0 Å². The lowest BCUT2D eigenvalue weighted by atomic mass is 9.84. The Morgan fingerprint density at radius 3 is 1.68 bits per heavy atom. The minimum absolute atomic E-state index is 0.590. The molecule has 0 aliphatic rings. The Morgan fingerprint density at radius 2 is 0.872 bits per heavy atom. The van der Waals surface area contributed by atoms with E-state index in [1.54, 1.807) is 0 Å². The molecule has 0 amide bonds. The lowest BCUT2D eigenvalue weighted by molar-refractivity contribution is 1.63. The van der Waals surface area contributed by atoms with Gasteiger partial charge in [0.1, 0.15) is 9.52 Å². The first-order valence-electron chi connectivity index (χ1n) is 16.2. The van der Waals surface area contributed by atoms with Gasteiger partial charge in [0, 0.05) is 0 Å². The first-order chi connectivity index (χ1) is 23.3. The zero-order chi connectivity index (χ0) is 31.2. The molecule has 0 N–H and O–H groups in total. The van der Waals surface area contributed by atoms with Crippen molar-refractivity contribution in [2.75, 3.05) is 0 Å². The van der Waals surface area contributed by atoms with Crippen molar-refractivity contribution in [1.82, 2.24) is 0 Å². The van der Waals surface area contributed by atoms with Gasteiger partial charge >= 0.3 is 0 Å². The minimum atomic E-state index is 0.590. The second-order valence-corrected chi connectivity index (χ2v) is 13.6. The van der Waals surface area contributed by atoms with E-state index in [1.807, 2.05) is 0 Å². The fourth-order valence-electron chi connectivity index (χ4n) is 7.19. The molecule has 2 radical (unpaired) electrons. The fourth-order valence-corrected chi connectivity index (χ4v) is 8.26. The SMILES string of the molecule is c1ccc([Si]c2ccc3c(-c4ccc(-c5ccc6ccccc6c5)cc4)c4ccccc4c(-c4cccc5ccccc45)c3c2)cc1. The zero-order valence-corrected chi connectivity index (χ0v) is 26.8. The quantitative estimate of drug-likeness (QED) is 0.134. The second-order valence-electron chi connectivity index (χ2n) is 12.2. The number of rotatable bonds is 5. The molecule has 0 aromatic heterocycles. The van der Waals surface area contributed by atoms with E-state index in [-0.39, 0.29) is 0 Å². The Labute approximate surface area is 277 Å². The van der Waals surface area contributed by atoms with E-state index in [0.29, 0.717) is 9.52 Å². The van der Waals surface area contributed by atoms with Crippen LogP contribution in [0.25, 0.3) is 76.5 Å². The average molecular weight is 611 g/mol. The maximum Gasteiger partial charge on any atom is 0.121 e. The van der Waals surface area contributed by atoms with Crippen LogP contribution in [0.5, 0.6) is 0 Å². The summed E-state index contributed by atoms with van der Waals surface area (Å²) in [6.45, 7) is 0. The molecule has 0 fully saturated rings. The normalized spacial score (nSPS) is 11.5. The summed E-state index contributed by atoms with van der Waals surface area (Å²) in [5.41, 5.74) is 7.58. The van der Waals surface area contributed by atoms with Crippen molar-refractivity contribution in [3.63, 3.8) is 0 Å². The molecule has 0 bridgehead atoms. The monoisotopic (exact) mass is 610 g/mol. The van der Waals surface area contributed by atoms with Crippen molar-refractivity contribution < 1.29 is 0 Å². The van der Waals surface area contributed by atoms with Gasteiger partial charge in [-0.15, -0.1) is 0 Å². The average Bonchev–Trinajstić information content (AvgIpc) is 3.14. The van der Waals surface area contributed by atoms with Gasteiger partial charge in [0.2, 0.25) is 0 Å². The van der Waals surface area contributed by atoms with E-state index < -0.39 is 0 Å². The molecule has 9 aromatic carbocycles. The molecule has 218 valence electrons. The molecule has 0 spiro atoms. The Balaban J connectivity index is 1.28. The lowest BCUT2D eigenvalue weighted by Crippen LogP contribution is -2.26. The van der Waals surface area contributed by atoms with Crippen LogP contribution in [-0.4, -0.2) is 9.52 Å². The first kappa shape index (κ1) is 27.5. The summed E-state index contributed by atoms with van der Waals surface area (Å²) in [7, 11) is 0.590. The molecule has 0 unspecified atom stereocenters. The highest BCUT2D eigenvalue weighted by Crippen LogP contribution is 2.45. The highest BCUT2D eigenvalue weighted by atomic mass is 28.2. The van der Waals surface area contributed by atoms with E-state index in [4.69, 9.17) is 0 Å². The Kier molecular flexibility index (Phi) is 6.77. The van der Waals surface area contributed by atoms with Crippen LogP contribution < -0.4 is 10.4 Å². The van der Waals surface area contributed by atoms with Gasteiger partial charge in [0.05, 0.1) is 0 Å². The first-order valence-corrected chi connectivity index (χ1v) is 17.2. The zero-order valence-electron chi connectivity index (χ0n) is 25.8. The predicted octanol–water partition coefficient (Wildman–Crippen LogP) is 11.0. The summed E-state index contributed by atoms with van der Waals surface area (Å²) < 4.78 is 0. The van der Waals surface area contributed by atoms with Gasteiger partial charge < -0.3 is 0 Å². The molecule has 0 nitrogen and oxygen atoms in total. The van der Waals surface area contributed by atoms with Gasteiger partial charge in [-0.3, -0.25) is 0 Å². The van der Waals surface area contributed by atoms with Gasteiger partial charge in [0.15, 0.2) is 0 Å². The topological polar surface area (TPSA) is 0 Å². The van der Waals surface area contributed by atoms with Crippen molar-refractivity contribution in [3.05, 3.63) is 182 Å². The van der Waals surface area contributed by atoms with E-state index in [2.05, 4.69) is 182 Å². The summed E-state index contributed by atoms with van der Waals surface area (Å²) in [6.07, 6.45) is 0. The largest absolute Gasteiger partial charge is 0.121 e. The Bertz CT molecular complexity index is 2570. The van der Waals surface area contributed by atoms with E-state index in [9.17, 15) is 0 Å². The predicted molar refractivity (Wildman–Crippen MR) is 204 cm³/mol. The van der Waals surface area contributed by atoms with Crippen molar-refractivity contribution in [2.24, 2.45) is 0 Å². The summed E-state index contributed by atoms with van der Waals surface area (Å²) in [4.78, 5) is 0. The molecular formula is C46H30Si. The lowest BCUT2D eigenvalue weighted by Gasteiger charge is -2.20. The van der Waals surface area contributed by atoms with Crippen molar-refractivity contribution in [1.29, 1.82) is 0 Å². The van der Waals surface area contributed by atoms with Crippen LogP contribution in [0, 0.1) is 0 Å². The molecule has 0 aliphatic carbocycles. The number of fused-ring (bicyclic) bond motifs is 4. The summed E-state index contributed by atoms with van der Waals surface area (Å²) in [5.74, 6) is 0. The maximum absolute atomic E-state index is 2.46. The van der Waals surface area contributed by atoms with Crippen LogP contribution in [0.3, 0.4) is 0 Å². The molecule has 0 aliphatic heterocycles. The van der Waals surface area contributed by atoms with Gasteiger partial charge in [-0.2, -0.15) is 0 Å². The standard InChI is InChI=1S/C46H30Si/c1-2-15-37(16-3-1)47-38-27-28-43-44(30-38)46(40-20-10-14-33-12-6-7-17-39(33)40)42-19-9-8-18-41(42)45(43)34-24-21-32(22-25-34)36-26-23-31-11-4-5-13-35(31)29-36/h1-30H. The minimum Gasteiger partial charge on any atom is -0.0631 e. The molecule has 9 aromatic rings. The number of hydrogen-bond donors (Lipinski definition) is 0. The molecule has 47 heavy (non-hydrogen) atoms. The van der Waals surface area contributed by atoms with Crippen LogP contribution >= 0.6 is 0 Å².